The maximum atomic E-state index is 13.3. The van der Waals surface area contributed by atoms with Gasteiger partial charge in [-0.25, -0.2) is 9.49 Å². The van der Waals surface area contributed by atoms with Crippen LogP contribution in [0.5, 0.6) is 0 Å². The topological polar surface area (TPSA) is 59.6 Å². The van der Waals surface area contributed by atoms with Crippen LogP contribution in [0.15, 0.2) is 18.2 Å². The number of H-pyrrole nitrogens is 1. The molecule has 0 aliphatic heterocycles. The summed E-state index contributed by atoms with van der Waals surface area (Å²) in [5.41, 5.74) is 6.71. The first-order chi connectivity index (χ1) is 7.11. The van der Waals surface area contributed by atoms with Crippen molar-refractivity contribution in [3.8, 4) is 5.69 Å². The molecule has 78 valence electrons. The van der Waals surface area contributed by atoms with Crippen LogP contribution in [-0.2, 0) is 0 Å². The summed E-state index contributed by atoms with van der Waals surface area (Å²) < 4.78 is 15.2. The third-order valence-electron chi connectivity index (χ3n) is 2.18. The number of halogens is 1. The zero-order chi connectivity index (χ0) is 11.0. The zero-order valence-electron chi connectivity index (χ0n) is 7.99. The predicted molar refractivity (Wildman–Crippen MR) is 57.9 cm³/mol. The van der Waals surface area contributed by atoms with Crippen molar-refractivity contribution in [2.75, 3.05) is 5.73 Å². The van der Waals surface area contributed by atoms with Gasteiger partial charge in [-0.3, -0.25) is 4.57 Å². The van der Waals surface area contributed by atoms with Crippen molar-refractivity contribution < 1.29 is 4.39 Å². The molecule has 2 aromatic rings. The number of benzene rings is 1. The van der Waals surface area contributed by atoms with E-state index in [0.717, 1.165) is 0 Å². The van der Waals surface area contributed by atoms with Crippen LogP contribution >= 0.6 is 12.2 Å². The van der Waals surface area contributed by atoms with Crippen LogP contribution in [0.1, 0.15) is 5.56 Å². The molecule has 0 bridgehead atoms. The molecular formula is C9H9FN4S. The van der Waals surface area contributed by atoms with E-state index in [2.05, 4.69) is 10.2 Å². The third-order valence-corrected chi connectivity index (χ3v) is 2.45. The summed E-state index contributed by atoms with van der Waals surface area (Å²) in [5.74, 6) is -0.0799. The van der Waals surface area contributed by atoms with Crippen LogP contribution in [0.3, 0.4) is 0 Å². The highest BCUT2D eigenvalue weighted by Crippen LogP contribution is 2.19. The Labute approximate surface area is 90.5 Å². The fourth-order valence-electron chi connectivity index (χ4n) is 1.38. The second kappa shape index (κ2) is 3.47. The summed E-state index contributed by atoms with van der Waals surface area (Å²) in [5, 5.41) is 6.31. The molecule has 0 saturated carbocycles. The van der Waals surface area contributed by atoms with Crippen LogP contribution in [0, 0.1) is 17.5 Å². The van der Waals surface area contributed by atoms with Crippen molar-refractivity contribution in [2.45, 2.75) is 6.92 Å². The van der Waals surface area contributed by atoms with E-state index >= 15 is 0 Å². The summed E-state index contributed by atoms with van der Waals surface area (Å²) in [4.78, 5) is 0. The summed E-state index contributed by atoms with van der Waals surface area (Å²) in [6.45, 7) is 1.67. The van der Waals surface area contributed by atoms with E-state index < -0.39 is 0 Å². The van der Waals surface area contributed by atoms with Gasteiger partial charge in [-0.15, -0.1) is 5.10 Å². The van der Waals surface area contributed by atoms with Gasteiger partial charge < -0.3 is 5.73 Å². The lowest BCUT2D eigenvalue weighted by Crippen LogP contribution is -2.03. The van der Waals surface area contributed by atoms with Gasteiger partial charge >= 0.3 is 0 Å². The summed E-state index contributed by atoms with van der Waals surface area (Å²) in [6.07, 6.45) is 0. The lowest BCUT2D eigenvalue weighted by molar-refractivity contribution is 0.617. The number of nitrogen functional groups attached to an aromatic ring is 1. The minimum Gasteiger partial charge on any atom is -0.368 e. The molecule has 4 nitrogen and oxygen atoms in total. The number of anilines is 1. The lowest BCUT2D eigenvalue weighted by Gasteiger charge is -2.07. The summed E-state index contributed by atoms with van der Waals surface area (Å²) in [7, 11) is 0. The summed E-state index contributed by atoms with van der Waals surface area (Å²) in [6, 6.07) is 4.73. The second-order valence-electron chi connectivity index (χ2n) is 3.11. The quantitative estimate of drug-likeness (QED) is 0.728. The SMILES string of the molecule is Cc1c(F)cccc1-n1c(N)n[nH]c1=S. The van der Waals surface area contributed by atoms with Crippen LogP contribution in [0.25, 0.3) is 5.69 Å². The van der Waals surface area contributed by atoms with Crippen LogP contribution in [-0.4, -0.2) is 14.8 Å². The Bertz CT molecular complexity index is 557. The number of hydrogen-bond donors (Lipinski definition) is 2. The van der Waals surface area contributed by atoms with E-state index in [9.17, 15) is 4.39 Å². The van der Waals surface area contributed by atoms with Gasteiger partial charge in [-0.05, 0) is 31.3 Å². The Hall–Kier alpha value is -1.69. The molecule has 1 aromatic carbocycles. The number of aromatic nitrogens is 3. The number of nitrogens with one attached hydrogen (secondary N) is 1. The Balaban J connectivity index is 2.75. The molecule has 0 radical (unpaired) electrons. The van der Waals surface area contributed by atoms with E-state index in [4.69, 9.17) is 18.0 Å². The average Bonchev–Trinajstić information content (AvgIpc) is 2.52. The number of aromatic amines is 1. The molecule has 6 heteroatoms. The van der Waals surface area contributed by atoms with Gasteiger partial charge in [0.2, 0.25) is 10.7 Å². The highest BCUT2D eigenvalue weighted by atomic mass is 32.1. The number of nitrogens with two attached hydrogens (primary N) is 1. The molecule has 15 heavy (non-hydrogen) atoms. The molecule has 1 aromatic heterocycles. The van der Waals surface area contributed by atoms with Crippen LogP contribution in [0.4, 0.5) is 10.3 Å². The van der Waals surface area contributed by atoms with E-state index in [1.54, 1.807) is 19.1 Å². The molecule has 0 spiro atoms. The van der Waals surface area contributed by atoms with Crippen molar-refractivity contribution in [2.24, 2.45) is 0 Å². The first-order valence-corrected chi connectivity index (χ1v) is 4.70. The van der Waals surface area contributed by atoms with Gasteiger partial charge in [-0.2, -0.15) is 0 Å². The average molecular weight is 224 g/mol. The molecule has 1 heterocycles. The number of hydrogen-bond acceptors (Lipinski definition) is 3. The van der Waals surface area contributed by atoms with E-state index in [1.165, 1.54) is 10.6 Å². The Kier molecular flexibility index (Phi) is 2.28. The normalized spacial score (nSPS) is 10.5. The zero-order valence-corrected chi connectivity index (χ0v) is 8.81. The molecule has 0 unspecified atom stereocenters. The largest absolute Gasteiger partial charge is 0.368 e. The molecule has 0 amide bonds. The fraction of sp³-hybridized carbons (Fsp3) is 0.111. The van der Waals surface area contributed by atoms with Gasteiger partial charge in [0.25, 0.3) is 0 Å². The first-order valence-electron chi connectivity index (χ1n) is 4.29. The molecule has 0 saturated heterocycles. The van der Waals surface area contributed by atoms with Crippen molar-refractivity contribution in [3.63, 3.8) is 0 Å². The minimum absolute atomic E-state index is 0.216. The third kappa shape index (κ3) is 1.52. The second-order valence-corrected chi connectivity index (χ2v) is 3.49. The predicted octanol–water partition coefficient (Wildman–Crippen LogP) is 1.96. The number of rotatable bonds is 1. The molecule has 0 atom stereocenters. The maximum absolute atomic E-state index is 13.3. The highest BCUT2D eigenvalue weighted by Gasteiger charge is 2.09. The molecule has 3 N–H and O–H groups in total. The van der Waals surface area contributed by atoms with Gasteiger partial charge in [0.05, 0.1) is 5.69 Å². The van der Waals surface area contributed by atoms with Crippen molar-refractivity contribution >= 4 is 18.2 Å². The highest BCUT2D eigenvalue weighted by molar-refractivity contribution is 7.71. The standard InChI is InChI=1S/C9H9FN4S/c1-5-6(10)3-2-4-7(5)14-8(11)12-13-9(14)15/h2-4H,1H3,(H2,11,12)(H,13,15). The van der Waals surface area contributed by atoms with Gasteiger partial charge in [0.15, 0.2) is 0 Å². The van der Waals surface area contributed by atoms with Crippen LogP contribution in [0.2, 0.25) is 0 Å². The molecule has 0 fully saturated rings. The molecule has 2 rings (SSSR count). The van der Waals surface area contributed by atoms with Gasteiger partial charge in [0.1, 0.15) is 5.82 Å². The summed E-state index contributed by atoms with van der Waals surface area (Å²) >= 11 is 5.00. The first kappa shape index (κ1) is 9.85. The Morgan fingerprint density at radius 1 is 1.53 bits per heavy atom. The van der Waals surface area contributed by atoms with E-state index in [-0.39, 0.29) is 11.8 Å². The van der Waals surface area contributed by atoms with E-state index in [0.29, 0.717) is 16.0 Å². The van der Waals surface area contributed by atoms with E-state index in [1.807, 2.05) is 0 Å². The number of nitrogens with zero attached hydrogens (tertiary/aromatic N) is 2. The fourth-order valence-corrected chi connectivity index (χ4v) is 1.62. The van der Waals surface area contributed by atoms with Crippen molar-refractivity contribution in [3.05, 3.63) is 34.4 Å². The van der Waals surface area contributed by atoms with Crippen molar-refractivity contribution in [1.82, 2.24) is 14.8 Å². The lowest BCUT2D eigenvalue weighted by atomic mass is 10.2. The molecular weight excluding hydrogens is 215 g/mol. The van der Waals surface area contributed by atoms with Crippen molar-refractivity contribution in [1.29, 1.82) is 0 Å². The monoisotopic (exact) mass is 224 g/mol. The smallest absolute Gasteiger partial charge is 0.225 e. The molecule has 0 aliphatic carbocycles. The van der Waals surface area contributed by atoms with Gasteiger partial charge in [-0.1, -0.05) is 6.07 Å². The Morgan fingerprint density at radius 2 is 2.27 bits per heavy atom. The van der Waals surface area contributed by atoms with Gasteiger partial charge in [0, 0.05) is 5.56 Å². The molecule has 0 aliphatic rings. The van der Waals surface area contributed by atoms with Crippen LogP contribution < -0.4 is 5.73 Å². The minimum atomic E-state index is -0.296. The Morgan fingerprint density at radius 3 is 2.87 bits per heavy atom. The maximum Gasteiger partial charge on any atom is 0.225 e.